The van der Waals surface area contributed by atoms with Crippen molar-refractivity contribution in [2.45, 2.75) is 33.1 Å². The molecule has 0 aliphatic carbocycles. The Kier molecular flexibility index (Phi) is 4.90. The topological polar surface area (TPSA) is 37.8 Å². The summed E-state index contributed by atoms with van der Waals surface area (Å²) in [7, 11) is 0. The van der Waals surface area contributed by atoms with E-state index in [1.807, 2.05) is 13.0 Å². The summed E-state index contributed by atoms with van der Waals surface area (Å²) in [5.74, 6) is 1.78. The van der Waals surface area contributed by atoms with Crippen LogP contribution in [0.2, 0.25) is 0 Å². The number of hydrogen-bond donors (Lipinski definition) is 1. The third-order valence-electron chi connectivity index (χ3n) is 3.04. The Hall–Kier alpha value is -1.90. The molecular formula is C16H21N3. The minimum atomic E-state index is 0.838. The van der Waals surface area contributed by atoms with E-state index in [1.54, 1.807) is 0 Å². The molecule has 2 aromatic rings. The van der Waals surface area contributed by atoms with Crippen LogP contribution in [0.25, 0.3) is 0 Å². The molecule has 0 spiro atoms. The van der Waals surface area contributed by atoms with Gasteiger partial charge in [-0.3, -0.25) is 0 Å². The zero-order valence-corrected chi connectivity index (χ0v) is 11.7. The highest BCUT2D eigenvalue weighted by atomic mass is 15.0. The maximum Gasteiger partial charge on any atom is 0.129 e. The number of aryl methyl sites for hydroxylation is 3. The monoisotopic (exact) mass is 255 g/mol. The van der Waals surface area contributed by atoms with Crippen LogP contribution < -0.4 is 5.32 Å². The van der Waals surface area contributed by atoms with Crippen molar-refractivity contribution in [3.05, 3.63) is 53.5 Å². The zero-order chi connectivity index (χ0) is 13.5. The zero-order valence-electron chi connectivity index (χ0n) is 11.7. The standard InChI is InChI=1S/C16H21N3/c1-3-15-12-16(19-13(2)18-15)17-11-7-10-14-8-5-4-6-9-14/h4-6,8-9,12H,3,7,10-11H2,1-2H3,(H,17,18,19). The van der Waals surface area contributed by atoms with Gasteiger partial charge in [-0.15, -0.1) is 0 Å². The summed E-state index contributed by atoms with van der Waals surface area (Å²) in [5, 5.41) is 3.38. The van der Waals surface area contributed by atoms with E-state index in [0.717, 1.165) is 43.1 Å². The van der Waals surface area contributed by atoms with E-state index in [2.05, 4.69) is 52.5 Å². The molecule has 0 amide bonds. The molecule has 0 unspecified atom stereocenters. The summed E-state index contributed by atoms with van der Waals surface area (Å²) in [6.45, 7) is 4.99. The van der Waals surface area contributed by atoms with E-state index in [0.29, 0.717) is 0 Å². The van der Waals surface area contributed by atoms with Crippen molar-refractivity contribution in [2.24, 2.45) is 0 Å². The summed E-state index contributed by atoms with van der Waals surface area (Å²) in [6.07, 6.45) is 3.15. The van der Waals surface area contributed by atoms with Crippen molar-refractivity contribution in [3.63, 3.8) is 0 Å². The molecule has 1 heterocycles. The van der Waals surface area contributed by atoms with Gasteiger partial charge in [-0.2, -0.15) is 0 Å². The van der Waals surface area contributed by atoms with Gasteiger partial charge >= 0.3 is 0 Å². The van der Waals surface area contributed by atoms with E-state index >= 15 is 0 Å². The Balaban J connectivity index is 1.81. The molecule has 0 fully saturated rings. The summed E-state index contributed by atoms with van der Waals surface area (Å²) >= 11 is 0. The van der Waals surface area contributed by atoms with Gasteiger partial charge in [0.05, 0.1) is 0 Å². The summed E-state index contributed by atoms with van der Waals surface area (Å²) in [6, 6.07) is 12.6. The van der Waals surface area contributed by atoms with Crippen LogP contribution in [-0.2, 0) is 12.8 Å². The van der Waals surface area contributed by atoms with E-state index in [4.69, 9.17) is 0 Å². The van der Waals surface area contributed by atoms with Gasteiger partial charge < -0.3 is 5.32 Å². The molecule has 0 saturated carbocycles. The molecule has 2 rings (SSSR count). The first-order valence-corrected chi connectivity index (χ1v) is 6.90. The first-order valence-electron chi connectivity index (χ1n) is 6.90. The Morgan fingerprint density at radius 1 is 1.11 bits per heavy atom. The molecule has 100 valence electrons. The lowest BCUT2D eigenvalue weighted by atomic mass is 10.1. The number of nitrogens with one attached hydrogen (secondary N) is 1. The molecule has 19 heavy (non-hydrogen) atoms. The van der Waals surface area contributed by atoms with Crippen LogP contribution in [0.1, 0.15) is 30.4 Å². The van der Waals surface area contributed by atoms with Crippen molar-refractivity contribution < 1.29 is 0 Å². The molecule has 1 aromatic heterocycles. The number of aromatic nitrogens is 2. The van der Waals surface area contributed by atoms with Gasteiger partial charge in [0.2, 0.25) is 0 Å². The van der Waals surface area contributed by atoms with Crippen LogP contribution in [0, 0.1) is 6.92 Å². The Morgan fingerprint density at radius 2 is 1.89 bits per heavy atom. The van der Waals surface area contributed by atoms with Gasteiger partial charge in [-0.25, -0.2) is 9.97 Å². The first kappa shape index (κ1) is 13.5. The van der Waals surface area contributed by atoms with Crippen LogP contribution in [0.3, 0.4) is 0 Å². The average Bonchev–Trinajstić information content (AvgIpc) is 2.44. The van der Waals surface area contributed by atoms with Crippen molar-refractivity contribution >= 4 is 5.82 Å². The lowest BCUT2D eigenvalue weighted by Crippen LogP contribution is -2.07. The minimum absolute atomic E-state index is 0.838. The first-order chi connectivity index (χ1) is 9.28. The smallest absolute Gasteiger partial charge is 0.129 e. The maximum absolute atomic E-state index is 4.40. The van der Waals surface area contributed by atoms with Crippen LogP contribution in [0.15, 0.2) is 36.4 Å². The van der Waals surface area contributed by atoms with Gasteiger partial charge in [0.15, 0.2) is 0 Å². The Bertz CT molecular complexity index is 509. The number of benzene rings is 1. The fraction of sp³-hybridized carbons (Fsp3) is 0.375. The van der Waals surface area contributed by atoms with Crippen molar-refractivity contribution in [2.75, 3.05) is 11.9 Å². The van der Waals surface area contributed by atoms with Gasteiger partial charge in [0.1, 0.15) is 11.6 Å². The third-order valence-corrected chi connectivity index (χ3v) is 3.04. The Labute approximate surface area is 115 Å². The van der Waals surface area contributed by atoms with Gasteiger partial charge in [0.25, 0.3) is 0 Å². The van der Waals surface area contributed by atoms with E-state index in [-0.39, 0.29) is 0 Å². The molecule has 0 radical (unpaired) electrons. The molecule has 0 saturated heterocycles. The summed E-state index contributed by atoms with van der Waals surface area (Å²) in [4.78, 5) is 8.78. The predicted molar refractivity (Wildman–Crippen MR) is 79.4 cm³/mol. The average molecular weight is 255 g/mol. The minimum Gasteiger partial charge on any atom is -0.370 e. The normalized spacial score (nSPS) is 10.4. The number of rotatable bonds is 6. The summed E-state index contributed by atoms with van der Waals surface area (Å²) < 4.78 is 0. The highest BCUT2D eigenvalue weighted by molar-refractivity contribution is 5.35. The lowest BCUT2D eigenvalue weighted by molar-refractivity contribution is 0.852. The summed E-state index contributed by atoms with van der Waals surface area (Å²) in [5.41, 5.74) is 2.48. The number of hydrogen-bond acceptors (Lipinski definition) is 3. The fourth-order valence-electron chi connectivity index (χ4n) is 2.05. The highest BCUT2D eigenvalue weighted by Gasteiger charge is 2.00. The quantitative estimate of drug-likeness (QED) is 0.804. The second-order valence-corrected chi connectivity index (χ2v) is 4.66. The lowest BCUT2D eigenvalue weighted by Gasteiger charge is -2.08. The van der Waals surface area contributed by atoms with E-state index in [1.165, 1.54) is 5.56 Å². The van der Waals surface area contributed by atoms with Crippen LogP contribution in [-0.4, -0.2) is 16.5 Å². The molecule has 0 atom stereocenters. The molecular weight excluding hydrogens is 234 g/mol. The predicted octanol–water partition coefficient (Wildman–Crippen LogP) is 3.39. The SMILES string of the molecule is CCc1cc(NCCCc2ccccc2)nc(C)n1. The highest BCUT2D eigenvalue weighted by Crippen LogP contribution is 2.08. The fourth-order valence-corrected chi connectivity index (χ4v) is 2.05. The van der Waals surface area contributed by atoms with Gasteiger partial charge in [-0.05, 0) is 31.7 Å². The molecule has 0 aliphatic heterocycles. The Morgan fingerprint density at radius 3 is 2.63 bits per heavy atom. The van der Waals surface area contributed by atoms with E-state index in [9.17, 15) is 0 Å². The third kappa shape index (κ3) is 4.36. The molecule has 3 nitrogen and oxygen atoms in total. The largest absolute Gasteiger partial charge is 0.370 e. The van der Waals surface area contributed by atoms with Gasteiger partial charge in [0, 0.05) is 18.3 Å². The molecule has 1 N–H and O–H groups in total. The second-order valence-electron chi connectivity index (χ2n) is 4.66. The molecule has 3 heteroatoms. The number of anilines is 1. The molecule has 1 aromatic carbocycles. The van der Waals surface area contributed by atoms with Crippen LogP contribution in [0.4, 0.5) is 5.82 Å². The van der Waals surface area contributed by atoms with Crippen LogP contribution >= 0.6 is 0 Å². The molecule has 0 aliphatic rings. The van der Waals surface area contributed by atoms with E-state index < -0.39 is 0 Å². The molecule has 0 bridgehead atoms. The maximum atomic E-state index is 4.40. The van der Waals surface area contributed by atoms with Crippen molar-refractivity contribution in [1.29, 1.82) is 0 Å². The second kappa shape index (κ2) is 6.88. The number of nitrogens with zero attached hydrogens (tertiary/aromatic N) is 2. The van der Waals surface area contributed by atoms with Crippen molar-refractivity contribution in [3.8, 4) is 0 Å². The van der Waals surface area contributed by atoms with Crippen LogP contribution in [0.5, 0.6) is 0 Å². The van der Waals surface area contributed by atoms with Gasteiger partial charge in [-0.1, -0.05) is 37.3 Å². The van der Waals surface area contributed by atoms with Crippen molar-refractivity contribution in [1.82, 2.24) is 9.97 Å².